The van der Waals surface area contributed by atoms with Crippen molar-refractivity contribution in [1.82, 2.24) is 10.2 Å². The molecular weight excluding hydrogens is 537 g/mol. The van der Waals surface area contributed by atoms with E-state index in [-0.39, 0.29) is 18.4 Å². The lowest BCUT2D eigenvalue weighted by Gasteiger charge is -2.33. The van der Waals surface area contributed by atoms with Crippen molar-refractivity contribution in [3.63, 3.8) is 0 Å². The zero-order valence-corrected chi connectivity index (χ0v) is 24.2. The van der Waals surface area contributed by atoms with Crippen molar-refractivity contribution in [1.29, 1.82) is 0 Å². The smallest absolute Gasteiger partial charge is 0.244 e. The second-order valence-corrected chi connectivity index (χ2v) is 11.7. The van der Waals surface area contributed by atoms with E-state index in [1.165, 1.54) is 4.90 Å². The van der Waals surface area contributed by atoms with Crippen molar-refractivity contribution in [2.45, 2.75) is 46.7 Å². The van der Waals surface area contributed by atoms with E-state index in [2.05, 4.69) is 5.32 Å². The Kier molecular flexibility index (Phi) is 11.5. The van der Waals surface area contributed by atoms with E-state index in [4.69, 9.17) is 27.9 Å². The summed E-state index contributed by atoms with van der Waals surface area (Å²) in [6.45, 7) is 7.89. The number of hydrogen-bond donors (Lipinski definition) is 1. The van der Waals surface area contributed by atoms with Crippen LogP contribution in [0.2, 0.25) is 10.0 Å². The summed E-state index contributed by atoms with van der Waals surface area (Å²) in [6.07, 6.45) is 1.33. The van der Waals surface area contributed by atoms with Gasteiger partial charge in [0.2, 0.25) is 21.8 Å². The van der Waals surface area contributed by atoms with Crippen LogP contribution in [-0.2, 0) is 26.2 Å². The molecule has 8 nitrogen and oxygen atoms in total. The van der Waals surface area contributed by atoms with Crippen LogP contribution >= 0.6 is 23.2 Å². The molecule has 2 rings (SSSR count). The minimum atomic E-state index is -3.84. The first-order valence-corrected chi connectivity index (χ1v) is 14.7. The number of nitrogens with one attached hydrogen (secondary N) is 1. The van der Waals surface area contributed by atoms with Crippen molar-refractivity contribution in [2.75, 3.05) is 30.3 Å². The Bertz CT molecular complexity index is 1150. The highest BCUT2D eigenvalue weighted by molar-refractivity contribution is 7.92. The van der Waals surface area contributed by atoms with E-state index in [9.17, 15) is 18.0 Å². The second-order valence-electron chi connectivity index (χ2n) is 8.98. The Morgan fingerprint density at radius 3 is 2.11 bits per heavy atom. The van der Waals surface area contributed by atoms with Crippen molar-refractivity contribution in [3.8, 4) is 5.75 Å². The fraction of sp³-hybridized carbons (Fsp3) is 0.462. The molecule has 0 fully saturated rings. The Balaban J connectivity index is 2.46. The standard InChI is InChI=1S/C26H35Cl2N3O5S/c1-6-24(26(33)29-15-18(3)4)30(16-21-22(27)9-8-10-23(21)28)25(32)17-31(37(5,34)35)19-11-13-20(14-12-19)36-7-2/h8-14,18,24H,6-7,15-17H2,1-5H3,(H,29,33). The first-order valence-electron chi connectivity index (χ1n) is 12.1. The molecular formula is C26H35Cl2N3O5S. The maximum atomic E-state index is 13.7. The molecule has 1 N–H and O–H groups in total. The van der Waals surface area contributed by atoms with Crippen LogP contribution in [0.5, 0.6) is 5.75 Å². The molecule has 1 atom stereocenters. The molecule has 0 aliphatic rings. The molecule has 0 aliphatic heterocycles. The third-order valence-corrected chi connectivity index (χ3v) is 7.42. The Morgan fingerprint density at radius 1 is 1.03 bits per heavy atom. The Morgan fingerprint density at radius 2 is 1.62 bits per heavy atom. The quantitative estimate of drug-likeness (QED) is 0.374. The van der Waals surface area contributed by atoms with Gasteiger partial charge in [0.1, 0.15) is 18.3 Å². The van der Waals surface area contributed by atoms with Crippen molar-refractivity contribution >= 4 is 50.7 Å². The van der Waals surface area contributed by atoms with Gasteiger partial charge in [0.25, 0.3) is 0 Å². The van der Waals surface area contributed by atoms with Gasteiger partial charge in [-0.3, -0.25) is 13.9 Å². The number of anilines is 1. The van der Waals surface area contributed by atoms with Crippen molar-refractivity contribution < 1.29 is 22.7 Å². The Labute approximate surface area is 229 Å². The van der Waals surface area contributed by atoms with Crippen LogP contribution in [0.25, 0.3) is 0 Å². The average molecular weight is 573 g/mol. The predicted octanol–water partition coefficient (Wildman–Crippen LogP) is 4.74. The van der Waals surface area contributed by atoms with E-state index in [0.717, 1.165) is 10.6 Å². The van der Waals surface area contributed by atoms with Crippen LogP contribution in [0.3, 0.4) is 0 Å². The molecule has 0 saturated carbocycles. The number of hydrogen-bond acceptors (Lipinski definition) is 5. The number of halogens is 2. The molecule has 0 aromatic heterocycles. The van der Waals surface area contributed by atoms with E-state index in [0.29, 0.717) is 46.6 Å². The summed E-state index contributed by atoms with van der Waals surface area (Å²) < 4.78 is 31.9. The number of ether oxygens (including phenoxy) is 1. The SMILES string of the molecule is CCOc1ccc(N(CC(=O)N(Cc2c(Cl)cccc2Cl)C(CC)C(=O)NCC(C)C)S(C)(=O)=O)cc1. The minimum Gasteiger partial charge on any atom is -0.494 e. The van der Waals surface area contributed by atoms with E-state index < -0.39 is 28.5 Å². The molecule has 11 heteroatoms. The lowest BCUT2D eigenvalue weighted by Crippen LogP contribution is -2.52. The number of rotatable bonds is 13. The third-order valence-electron chi connectivity index (χ3n) is 5.58. The second kappa shape index (κ2) is 13.9. The van der Waals surface area contributed by atoms with Crippen LogP contribution in [0, 0.1) is 5.92 Å². The van der Waals surface area contributed by atoms with Gasteiger partial charge in [0.15, 0.2) is 0 Å². The zero-order valence-electron chi connectivity index (χ0n) is 21.8. The van der Waals surface area contributed by atoms with Crippen LogP contribution < -0.4 is 14.4 Å². The van der Waals surface area contributed by atoms with Gasteiger partial charge in [-0.1, -0.05) is 50.0 Å². The van der Waals surface area contributed by atoms with Crippen LogP contribution in [-0.4, -0.2) is 57.1 Å². The summed E-state index contributed by atoms with van der Waals surface area (Å²) >= 11 is 12.8. The molecule has 0 spiro atoms. The van der Waals surface area contributed by atoms with Gasteiger partial charge in [-0.05, 0) is 55.7 Å². The molecule has 2 aromatic rings. The van der Waals surface area contributed by atoms with Crippen LogP contribution in [0.15, 0.2) is 42.5 Å². The van der Waals surface area contributed by atoms with Gasteiger partial charge in [-0.15, -0.1) is 0 Å². The van der Waals surface area contributed by atoms with Gasteiger partial charge >= 0.3 is 0 Å². The highest BCUT2D eigenvalue weighted by Gasteiger charge is 2.32. The molecule has 0 bridgehead atoms. The average Bonchev–Trinajstić information content (AvgIpc) is 2.82. The highest BCUT2D eigenvalue weighted by Crippen LogP contribution is 2.28. The molecule has 0 saturated heterocycles. The van der Waals surface area contributed by atoms with Crippen LogP contribution in [0.4, 0.5) is 5.69 Å². The molecule has 37 heavy (non-hydrogen) atoms. The molecule has 204 valence electrons. The lowest BCUT2D eigenvalue weighted by atomic mass is 10.1. The van der Waals surface area contributed by atoms with Gasteiger partial charge in [-0.2, -0.15) is 0 Å². The summed E-state index contributed by atoms with van der Waals surface area (Å²) in [5.41, 5.74) is 0.772. The molecule has 2 aromatic carbocycles. The molecule has 0 radical (unpaired) electrons. The summed E-state index contributed by atoms with van der Waals surface area (Å²) in [5.74, 6) is -0.112. The molecule has 2 amide bonds. The summed E-state index contributed by atoms with van der Waals surface area (Å²) in [5, 5.41) is 3.56. The normalized spacial score (nSPS) is 12.2. The van der Waals surface area contributed by atoms with E-state index in [1.54, 1.807) is 49.4 Å². The van der Waals surface area contributed by atoms with Crippen LogP contribution in [0.1, 0.15) is 39.7 Å². The number of carbonyl (C=O) groups excluding carboxylic acids is 2. The van der Waals surface area contributed by atoms with Gasteiger partial charge in [0.05, 0.1) is 18.6 Å². The Hall–Kier alpha value is -2.49. The predicted molar refractivity (Wildman–Crippen MR) is 149 cm³/mol. The van der Waals surface area contributed by atoms with Gasteiger partial charge < -0.3 is 15.0 Å². The fourth-order valence-corrected chi connectivity index (χ4v) is 5.05. The maximum Gasteiger partial charge on any atom is 0.244 e. The van der Waals surface area contributed by atoms with Crippen molar-refractivity contribution in [2.24, 2.45) is 5.92 Å². The summed E-state index contributed by atoms with van der Waals surface area (Å²) in [6, 6.07) is 10.5. The topological polar surface area (TPSA) is 96.0 Å². The molecule has 0 aliphatic carbocycles. The third kappa shape index (κ3) is 8.79. The van der Waals surface area contributed by atoms with Gasteiger partial charge in [0, 0.05) is 28.7 Å². The zero-order chi connectivity index (χ0) is 27.8. The highest BCUT2D eigenvalue weighted by atomic mass is 35.5. The first kappa shape index (κ1) is 30.7. The van der Waals surface area contributed by atoms with Gasteiger partial charge in [-0.25, -0.2) is 8.42 Å². The molecule has 1 unspecified atom stereocenters. The number of sulfonamides is 1. The minimum absolute atomic E-state index is 0.0637. The van der Waals surface area contributed by atoms with E-state index in [1.807, 2.05) is 20.8 Å². The number of nitrogens with zero attached hydrogens (tertiary/aromatic N) is 2. The largest absolute Gasteiger partial charge is 0.494 e. The summed E-state index contributed by atoms with van der Waals surface area (Å²) in [4.78, 5) is 28.2. The van der Waals surface area contributed by atoms with E-state index >= 15 is 0 Å². The number of benzene rings is 2. The fourth-order valence-electron chi connectivity index (χ4n) is 3.68. The monoisotopic (exact) mass is 571 g/mol. The number of carbonyl (C=O) groups is 2. The number of amides is 2. The lowest BCUT2D eigenvalue weighted by molar-refractivity contribution is -0.140. The molecule has 0 heterocycles. The first-order chi connectivity index (χ1) is 17.4. The maximum absolute atomic E-state index is 13.7. The summed E-state index contributed by atoms with van der Waals surface area (Å²) in [7, 11) is -3.84. The van der Waals surface area contributed by atoms with Crippen molar-refractivity contribution in [3.05, 3.63) is 58.1 Å².